The summed E-state index contributed by atoms with van der Waals surface area (Å²) in [6, 6.07) is 5.85. The third-order valence-corrected chi connectivity index (χ3v) is 2.75. The average molecular weight is 274 g/mol. The summed E-state index contributed by atoms with van der Waals surface area (Å²) < 4.78 is 6.03. The molecule has 84 valence electrons. The molecule has 1 N–H and O–H groups in total. The van der Waals surface area contributed by atoms with Crippen molar-refractivity contribution < 1.29 is 9.84 Å². The zero-order chi connectivity index (χ0) is 11.3. The lowest BCUT2D eigenvalue weighted by atomic mass is 10.2. The van der Waals surface area contributed by atoms with Gasteiger partial charge in [0.1, 0.15) is 0 Å². The smallest absolute Gasteiger partial charge is 0.0702 e. The van der Waals surface area contributed by atoms with Gasteiger partial charge in [-0.3, -0.25) is 0 Å². The quantitative estimate of drug-likeness (QED) is 0.891. The fourth-order valence-electron chi connectivity index (χ4n) is 1.37. The highest BCUT2D eigenvalue weighted by Crippen LogP contribution is 2.24. The Morgan fingerprint density at radius 3 is 2.80 bits per heavy atom. The largest absolute Gasteiger partial charge is 0.392 e. The summed E-state index contributed by atoms with van der Waals surface area (Å²) in [7, 11) is 3.67. The van der Waals surface area contributed by atoms with Crippen LogP contribution in [0.1, 0.15) is 5.56 Å². The molecule has 0 radical (unpaired) electrons. The van der Waals surface area contributed by atoms with Crippen molar-refractivity contribution in [3.8, 4) is 0 Å². The van der Waals surface area contributed by atoms with Gasteiger partial charge in [-0.05, 0) is 12.1 Å². The van der Waals surface area contributed by atoms with Crippen molar-refractivity contribution >= 4 is 21.6 Å². The Hall–Kier alpha value is -0.580. The Balaban J connectivity index is 2.85. The van der Waals surface area contributed by atoms with Crippen molar-refractivity contribution in [2.75, 3.05) is 32.2 Å². The molecular weight excluding hydrogens is 258 g/mol. The van der Waals surface area contributed by atoms with Crippen molar-refractivity contribution in [3.63, 3.8) is 0 Å². The highest BCUT2D eigenvalue weighted by molar-refractivity contribution is 9.10. The van der Waals surface area contributed by atoms with E-state index in [1.54, 1.807) is 7.11 Å². The zero-order valence-electron chi connectivity index (χ0n) is 9.03. The first-order valence-electron chi connectivity index (χ1n) is 4.78. The molecule has 4 heteroatoms. The third-order valence-electron chi connectivity index (χ3n) is 2.26. The van der Waals surface area contributed by atoms with Gasteiger partial charge in [0.05, 0.1) is 13.2 Å². The molecule has 0 unspecified atom stereocenters. The lowest BCUT2D eigenvalue weighted by Crippen LogP contribution is -2.23. The first-order valence-corrected chi connectivity index (χ1v) is 5.57. The summed E-state index contributed by atoms with van der Waals surface area (Å²) in [5.74, 6) is 0. The van der Waals surface area contributed by atoms with Crippen molar-refractivity contribution in [1.82, 2.24) is 0 Å². The van der Waals surface area contributed by atoms with Gasteiger partial charge in [0, 0.05) is 36.4 Å². The molecule has 1 aromatic rings. The zero-order valence-corrected chi connectivity index (χ0v) is 10.6. The number of ether oxygens (including phenoxy) is 1. The highest BCUT2D eigenvalue weighted by atomic mass is 79.9. The number of benzene rings is 1. The Bertz CT molecular complexity index is 317. The van der Waals surface area contributed by atoms with Gasteiger partial charge in [-0.25, -0.2) is 0 Å². The molecule has 1 aromatic carbocycles. The van der Waals surface area contributed by atoms with Gasteiger partial charge in [0.15, 0.2) is 0 Å². The summed E-state index contributed by atoms with van der Waals surface area (Å²) in [4.78, 5) is 2.07. The van der Waals surface area contributed by atoms with Gasteiger partial charge in [-0.15, -0.1) is 0 Å². The number of hydrogen-bond donors (Lipinski definition) is 1. The third kappa shape index (κ3) is 3.48. The number of methoxy groups -OCH3 is 1. The number of nitrogens with zero attached hydrogens (tertiary/aromatic N) is 1. The molecule has 0 bridgehead atoms. The van der Waals surface area contributed by atoms with E-state index in [0.29, 0.717) is 6.61 Å². The van der Waals surface area contributed by atoms with Gasteiger partial charge >= 0.3 is 0 Å². The van der Waals surface area contributed by atoms with Crippen LogP contribution in [0.5, 0.6) is 0 Å². The van der Waals surface area contributed by atoms with Gasteiger partial charge in [0.25, 0.3) is 0 Å². The molecule has 0 aliphatic rings. The van der Waals surface area contributed by atoms with Crippen LogP contribution in [-0.4, -0.2) is 32.4 Å². The Morgan fingerprint density at radius 1 is 1.47 bits per heavy atom. The predicted octanol–water partition coefficient (Wildman–Crippen LogP) is 2.02. The summed E-state index contributed by atoms with van der Waals surface area (Å²) in [6.07, 6.45) is 0. The molecule has 0 spiro atoms. The van der Waals surface area contributed by atoms with E-state index in [9.17, 15) is 5.11 Å². The lowest BCUT2D eigenvalue weighted by Gasteiger charge is -2.21. The summed E-state index contributed by atoms with van der Waals surface area (Å²) in [5, 5.41) is 9.21. The first kappa shape index (κ1) is 12.5. The normalized spacial score (nSPS) is 10.4. The molecule has 0 aromatic heterocycles. The van der Waals surface area contributed by atoms with E-state index in [1.807, 2.05) is 25.2 Å². The number of anilines is 1. The maximum absolute atomic E-state index is 9.21. The van der Waals surface area contributed by atoms with Crippen molar-refractivity contribution in [1.29, 1.82) is 0 Å². The molecular formula is C11H16BrNO2. The molecule has 3 nitrogen and oxygen atoms in total. The number of likely N-dealkylation sites (N-methyl/N-ethyl adjacent to an activating group) is 1. The van der Waals surface area contributed by atoms with E-state index in [2.05, 4.69) is 20.8 Å². The molecule has 0 saturated carbocycles. The summed E-state index contributed by atoms with van der Waals surface area (Å²) >= 11 is 3.42. The van der Waals surface area contributed by atoms with Crippen LogP contribution in [0.2, 0.25) is 0 Å². The number of hydrogen-bond acceptors (Lipinski definition) is 3. The monoisotopic (exact) mass is 273 g/mol. The molecule has 0 amide bonds. The predicted molar refractivity (Wildman–Crippen MR) is 65.2 cm³/mol. The molecule has 15 heavy (non-hydrogen) atoms. The van der Waals surface area contributed by atoms with Crippen molar-refractivity contribution in [2.45, 2.75) is 6.61 Å². The van der Waals surface area contributed by atoms with Crippen molar-refractivity contribution in [2.24, 2.45) is 0 Å². The lowest BCUT2D eigenvalue weighted by molar-refractivity contribution is 0.206. The molecule has 0 heterocycles. The molecule has 0 aliphatic carbocycles. The minimum Gasteiger partial charge on any atom is -0.392 e. The van der Waals surface area contributed by atoms with Crippen LogP contribution in [0.4, 0.5) is 5.69 Å². The van der Waals surface area contributed by atoms with E-state index < -0.39 is 0 Å². The van der Waals surface area contributed by atoms with E-state index in [0.717, 1.165) is 22.3 Å². The van der Waals surface area contributed by atoms with Gasteiger partial charge in [-0.1, -0.05) is 22.0 Å². The second-order valence-corrected chi connectivity index (χ2v) is 4.26. The molecule has 0 aliphatic heterocycles. The molecule has 0 saturated heterocycles. The Kier molecular flexibility index (Phi) is 5.08. The SMILES string of the molecule is COCCN(C)c1cc(Br)ccc1CO. The maximum Gasteiger partial charge on any atom is 0.0702 e. The van der Waals surface area contributed by atoms with E-state index in [-0.39, 0.29) is 6.61 Å². The van der Waals surface area contributed by atoms with Crippen LogP contribution in [0.15, 0.2) is 22.7 Å². The second kappa shape index (κ2) is 6.10. The summed E-state index contributed by atoms with van der Waals surface area (Å²) in [5.41, 5.74) is 1.96. The van der Waals surface area contributed by atoms with Gasteiger partial charge in [0.2, 0.25) is 0 Å². The number of aliphatic hydroxyl groups excluding tert-OH is 1. The van der Waals surface area contributed by atoms with E-state index in [1.165, 1.54) is 0 Å². The Labute approximate surface area is 98.8 Å². The minimum atomic E-state index is 0.0555. The van der Waals surface area contributed by atoms with Crippen LogP contribution in [0.3, 0.4) is 0 Å². The first-order chi connectivity index (χ1) is 7.19. The average Bonchev–Trinajstić information content (AvgIpc) is 2.25. The van der Waals surface area contributed by atoms with Crippen molar-refractivity contribution in [3.05, 3.63) is 28.2 Å². The van der Waals surface area contributed by atoms with E-state index in [4.69, 9.17) is 4.74 Å². The minimum absolute atomic E-state index is 0.0555. The topological polar surface area (TPSA) is 32.7 Å². The highest BCUT2D eigenvalue weighted by Gasteiger charge is 2.07. The van der Waals surface area contributed by atoms with Crippen LogP contribution in [0, 0.1) is 0 Å². The number of aliphatic hydroxyl groups is 1. The maximum atomic E-state index is 9.21. The van der Waals surface area contributed by atoms with Gasteiger partial charge < -0.3 is 14.7 Å². The van der Waals surface area contributed by atoms with Gasteiger partial charge in [-0.2, -0.15) is 0 Å². The van der Waals surface area contributed by atoms with Crippen LogP contribution < -0.4 is 4.90 Å². The summed E-state index contributed by atoms with van der Waals surface area (Å²) in [6.45, 7) is 1.54. The Morgan fingerprint density at radius 2 is 2.20 bits per heavy atom. The van der Waals surface area contributed by atoms with Crippen LogP contribution in [-0.2, 0) is 11.3 Å². The molecule has 0 fully saturated rings. The van der Waals surface area contributed by atoms with Crippen LogP contribution >= 0.6 is 15.9 Å². The second-order valence-electron chi connectivity index (χ2n) is 3.35. The number of halogens is 1. The number of rotatable bonds is 5. The molecule has 0 atom stereocenters. The van der Waals surface area contributed by atoms with E-state index >= 15 is 0 Å². The fourth-order valence-corrected chi connectivity index (χ4v) is 1.72. The fraction of sp³-hybridized carbons (Fsp3) is 0.455. The standard InChI is InChI=1S/C11H16BrNO2/c1-13(5-6-15-2)11-7-10(12)4-3-9(11)8-14/h3-4,7,14H,5-6,8H2,1-2H3. The molecule has 1 rings (SSSR count). The van der Waals surface area contributed by atoms with Crippen LogP contribution in [0.25, 0.3) is 0 Å².